The fraction of sp³-hybridized carbons (Fsp3) is 0.333. The van der Waals surface area contributed by atoms with Gasteiger partial charge in [-0.15, -0.1) is 0 Å². The van der Waals surface area contributed by atoms with E-state index in [1.807, 2.05) is 43.2 Å². The van der Waals surface area contributed by atoms with Crippen molar-refractivity contribution in [1.29, 1.82) is 0 Å². The first-order valence-corrected chi connectivity index (χ1v) is 10.9. The van der Waals surface area contributed by atoms with E-state index in [0.29, 0.717) is 24.6 Å². The number of carbonyl (C=O) groups is 1. The summed E-state index contributed by atoms with van der Waals surface area (Å²) in [5.74, 6) is 0.948. The Morgan fingerprint density at radius 3 is 2.85 bits per heavy atom. The number of hydrogen-bond acceptors (Lipinski definition) is 7. The van der Waals surface area contributed by atoms with Gasteiger partial charge in [-0.1, -0.05) is 0 Å². The molecule has 3 aromatic heterocycles. The third kappa shape index (κ3) is 3.74. The highest BCUT2D eigenvalue weighted by Gasteiger charge is 2.24. The third-order valence-electron chi connectivity index (χ3n) is 6.07. The highest BCUT2D eigenvalue weighted by Crippen LogP contribution is 2.33. The molecule has 0 unspecified atom stereocenters. The van der Waals surface area contributed by atoms with Crippen LogP contribution in [-0.4, -0.2) is 63.6 Å². The number of nitrogens with one attached hydrogen (secondary N) is 1. The molecule has 1 aliphatic rings. The van der Waals surface area contributed by atoms with E-state index in [1.54, 1.807) is 12.1 Å². The average molecular weight is 447 g/mol. The van der Waals surface area contributed by atoms with E-state index in [4.69, 9.17) is 19.4 Å². The summed E-state index contributed by atoms with van der Waals surface area (Å²) in [7, 11) is 3.28. The Hall–Kier alpha value is -3.72. The number of esters is 1. The van der Waals surface area contributed by atoms with Crippen molar-refractivity contribution < 1.29 is 14.3 Å². The number of aromatic amines is 1. The lowest BCUT2D eigenvalue weighted by Crippen LogP contribution is -2.44. The lowest BCUT2D eigenvalue weighted by Gasteiger charge is -2.34. The minimum absolute atomic E-state index is 0.177. The first-order chi connectivity index (χ1) is 16.0. The summed E-state index contributed by atoms with van der Waals surface area (Å²) in [6.07, 6.45) is 3.67. The molecule has 0 bridgehead atoms. The molecule has 1 saturated heterocycles. The van der Waals surface area contributed by atoms with Crippen molar-refractivity contribution in [3.05, 3.63) is 47.8 Å². The molecule has 0 saturated carbocycles. The van der Waals surface area contributed by atoms with E-state index in [1.165, 1.54) is 7.11 Å². The summed E-state index contributed by atoms with van der Waals surface area (Å²) in [6, 6.07) is 7.73. The summed E-state index contributed by atoms with van der Waals surface area (Å²) in [5.41, 5.74) is 4.75. The second-order valence-electron chi connectivity index (χ2n) is 8.31. The van der Waals surface area contributed by atoms with Gasteiger partial charge in [0.25, 0.3) is 0 Å². The minimum Gasteiger partial charge on any atom is -0.465 e. The number of H-pyrrole nitrogens is 1. The van der Waals surface area contributed by atoms with Crippen LogP contribution in [0.15, 0.2) is 36.7 Å². The molecule has 0 spiro atoms. The van der Waals surface area contributed by atoms with Crippen LogP contribution in [0, 0.1) is 6.92 Å². The Morgan fingerprint density at radius 1 is 1.27 bits per heavy atom. The van der Waals surface area contributed by atoms with E-state index in [-0.39, 0.29) is 6.04 Å². The van der Waals surface area contributed by atoms with Gasteiger partial charge >= 0.3 is 5.97 Å². The van der Waals surface area contributed by atoms with Crippen molar-refractivity contribution in [2.24, 2.45) is 7.05 Å². The summed E-state index contributed by atoms with van der Waals surface area (Å²) < 4.78 is 12.4. The number of morpholine rings is 1. The fourth-order valence-electron chi connectivity index (χ4n) is 4.39. The van der Waals surface area contributed by atoms with Gasteiger partial charge in [0.1, 0.15) is 5.82 Å². The SMILES string of the molecule is COC(=O)c1cc(-c2nc(-c3c(C)cnn3C)cc(N3CCOC[C@H]3C)n2)c2cc[nH]c2c1. The maximum absolute atomic E-state index is 12.4. The lowest BCUT2D eigenvalue weighted by atomic mass is 10.0. The van der Waals surface area contributed by atoms with Gasteiger partial charge in [-0.25, -0.2) is 14.8 Å². The molecule has 1 N–H and O–H groups in total. The van der Waals surface area contributed by atoms with E-state index < -0.39 is 5.97 Å². The number of carbonyl (C=O) groups excluding carboxylic acids is 1. The number of anilines is 1. The number of rotatable bonds is 4. The van der Waals surface area contributed by atoms with Crippen LogP contribution < -0.4 is 4.90 Å². The Morgan fingerprint density at radius 2 is 2.12 bits per heavy atom. The van der Waals surface area contributed by atoms with Crippen LogP contribution in [0.25, 0.3) is 33.7 Å². The van der Waals surface area contributed by atoms with Crippen molar-refractivity contribution in [3.8, 4) is 22.8 Å². The van der Waals surface area contributed by atoms with Crippen LogP contribution in [0.5, 0.6) is 0 Å². The molecule has 4 heterocycles. The van der Waals surface area contributed by atoms with Gasteiger partial charge in [-0.2, -0.15) is 5.10 Å². The van der Waals surface area contributed by atoms with Gasteiger partial charge in [0.05, 0.1) is 49.5 Å². The molecule has 170 valence electrons. The van der Waals surface area contributed by atoms with Crippen LogP contribution in [0.4, 0.5) is 5.82 Å². The predicted molar refractivity (Wildman–Crippen MR) is 125 cm³/mol. The number of benzene rings is 1. The molecule has 1 aliphatic heterocycles. The largest absolute Gasteiger partial charge is 0.465 e. The molecule has 0 aliphatic carbocycles. The second-order valence-corrected chi connectivity index (χ2v) is 8.31. The molecule has 1 fully saturated rings. The molecule has 5 rings (SSSR count). The number of hydrogen-bond donors (Lipinski definition) is 1. The summed E-state index contributed by atoms with van der Waals surface area (Å²) in [4.78, 5) is 27.7. The molecule has 4 aromatic rings. The maximum Gasteiger partial charge on any atom is 0.337 e. The molecule has 0 amide bonds. The standard InChI is InChI=1S/C24H26N6O3/c1-14-12-26-29(3)22(14)20-11-21(30-7-8-33-13-15(30)2)28-23(27-20)18-9-16(24(31)32-4)10-19-17(18)5-6-25-19/h5-6,9-12,15,25H,7-8,13H2,1-4H3/t15-/m1/s1. The maximum atomic E-state index is 12.4. The highest BCUT2D eigenvalue weighted by atomic mass is 16.5. The molecule has 9 heteroatoms. The monoisotopic (exact) mass is 446 g/mol. The Balaban J connectivity index is 1.75. The zero-order chi connectivity index (χ0) is 23.1. The molecular formula is C24H26N6O3. The number of nitrogens with zero attached hydrogens (tertiary/aromatic N) is 5. The van der Waals surface area contributed by atoms with Gasteiger partial charge in [-0.3, -0.25) is 4.68 Å². The van der Waals surface area contributed by atoms with Gasteiger partial charge in [-0.05, 0) is 37.6 Å². The fourth-order valence-corrected chi connectivity index (χ4v) is 4.39. The zero-order valence-electron chi connectivity index (χ0n) is 19.1. The van der Waals surface area contributed by atoms with Gasteiger partial charge < -0.3 is 19.4 Å². The topological polar surface area (TPSA) is 98.2 Å². The molecule has 33 heavy (non-hydrogen) atoms. The molecule has 9 nitrogen and oxygen atoms in total. The second kappa shape index (κ2) is 8.32. The summed E-state index contributed by atoms with van der Waals surface area (Å²) >= 11 is 0. The Labute approximate surface area is 191 Å². The predicted octanol–water partition coefficient (Wildman–Crippen LogP) is 3.35. The van der Waals surface area contributed by atoms with Crippen LogP contribution in [0.1, 0.15) is 22.8 Å². The van der Waals surface area contributed by atoms with Crippen LogP contribution >= 0.6 is 0 Å². The number of aromatic nitrogens is 5. The van der Waals surface area contributed by atoms with Crippen LogP contribution in [0.3, 0.4) is 0 Å². The normalized spacial score (nSPS) is 16.4. The van der Waals surface area contributed by atoms with Gasteiger partial charge in [0.15, 0.2) is 5.82 Å². The third-order valence-corrected chi connectivity index (χ3v) is 6.07. The van der Waals surface area contributed by atoms with Crippen molar-refractivity contribution >= 4 is 22.7 Å². The van der Waals surface area contributed by atoms with Crippen molar-refractivity contribution in [1.82, 2.24) is 24.7 Å². The number of fused-ring (bicyclic) bond motifs is 1. The smallest absolute Gasteiger partial charge is 0.337 e. The Kier molecular flexibility index (Phi) is 5.33. The first kappa shape index (κ1) is 21.1. The minimum atomic E-state index is -0.409. The van der Waals surface area contributed by atoms with E-state index >= 15 is 0 Å². The van der Waals surface area contributed by atoms with Crippen molar-refractivity contribution in [3.63, 3.8) is 0 Å². The quantitative estimate of drug-likeness (QED) is 0.480. The summed E-state index contributed by atoms with van der Waals surface area (Å²) in [6.45, 7) is 6.16. The van der Waals surface area contributed by atoms with Crippen molar-refractivity contribution in [2.75, 3.05) is 31.8 Å². The average Bonchev–Trinajstić information content (AvgIpc) is 3.43. The molecular weight excluding hydrogens is 420 g/mol. The first-order valence-electron chi connectivity index (χ1n) is 10.9. The molecule has 0 radical (unpaired) electrons. The van der Waals surface area contributed by atoms with E-state index in [2.05, 4.69) is 21.9 Å². The van der Waals surface area contributed by atoms with Gasteiger partial charge in [0, 0.05) is 42.3 Å². The van der Waals surface area contributed by atoms with Crippen LogP contribution in [0.2, 0.25) is 0 Å². The molecule has 1 aromatic carbocycles. The number of ether oxygens (including phenoxy) is 2. The highest BCUT2D eigenvalue weighted by molar-refractivity contribution is 6.01. The summed E-state index contributed by atoms with van der Waals surface area (Å²) in [5, 5.41) is 5.33. The van der Waals surface area contributed by atoms with E-state index in [9.17, 15) is 4.79 Å². The number of methoxy groups -OCH3 is 1. The Bertz CT molecular complexity index is 1320. The van der Waals surface area contributed by atoms with E-state index in [0.717, 1.165) is 45.8 Å². The molecule has 1 atom stereocenters. The zero-order valence-corrected chi connectivity index (χ0v) is 19.1. The van der Waals surface area contributed by atoms with Crippen LogP contribution in [-0.2, 0) is 16.5 Å². The number of aryl methyl sites for hydroxylation is 2. The lowest BCUT2D eigenvalue weighted by molar-refractivity contribution is 0.0601. The van der Waals surface area contributed by atoms with Crippen molar-refractivity contribution in [2.45, 2.75) is 19.9 Å². The van der Waals surface area contributed by atoms with Gasteiger partial charge in [0.2, 0.25) is 0 Å².